The number of alkyl halides is 4. The second-order valence-electron chi connectivity index (χ2n) is 5.38. The number of nitrogens with zero attached hydrogens (tertiary/aromatic N) is 2. The van der Waals surface area contributed by atoms with E-state index in [9.17, 15) is 22.4 Å². The van der Waals surface area contributed by atoms with Crippen molar-refractivity contribution in [3.05, 3.63) is 11.3 Å². The third-order valence-electron chi connectivity index (χ3n) is 3.91. The number of rotatable bonds is 4. The molecule has 0 aromatic carbocycles. The van der Waals surface area contributed by atoms with Gasteiger partial charge in [0, 0.05) is 31.4 Å². The number of hydrogen-bond donors (Lipinski definition) is 1. The van der Waals surface area contributed by atoms with E-state index in [1.165, 1.54) is 4.68 Å². The SMILES string of the molecule is CCc1nn(C)c(NC(=O)C[C@H]2CC(F)(F)C2(F)F)c1C. The highest BCUT2D eigenvalue weighted by atomic mass is 19.3. The largest absolute Gasteiger partial charge is 0.313 e. The number of halogens is 4. The van der Waals surface area contributed by atoms with E-state index in [2.05, 4.69) is 10.4 Å². The summed E-state index contributed by atoms with van der Waals surface area (Å²) in [4.78, 5) is 11.8. The van der Waals surface area contributed by atoms with Gasteiger partial charge in [-0.1, -0.05) is 6.92 Å². The van der Waals surface area contributed by atoms with Gasteiger partial charge in [0.1, 0.15) is 5.82 Å². The van der Waals surface area contributed by atoms with E-state index in [4.69, 9.17) is 0 Å². The summed E-state index contributed by atoms with van der Waals surface area (Å²) in [5.41, 5.74) is 1.53. The Kier molecular flexibility index (Phi) is 3.75. The van der Waals surface area contributed by atoms with Gasteiger partial charge in [-0.05, 0) is 13.3 Å². The Hall–Kier alpha value is -1.60. The molecule has 0 radical (unpaired) electrons. The standard InChI is InChI=1S/C13H17F4N3O/c1-4-9-7(2)11(20(3)19-9)18-10(21)5-8-6-12(14,15)13(8,16)17/h8H,4-6H2,1-3H3,(H,18,21)/t8-/m0/s1. The molecular formula is C13H17F4N3O. The Labute approximate surface area is 119 Å². The van der Waals surface area contributed by atoms with Crippen LogP contribution in [0.25, 0.3) is 0 Å². The minimum absolute atomic E-state index is 0.409. The monoisotopic (exact) mass is 307 g/mol. The summed E-state index contributed by atoms with van der Waals surface area (Å²) in [7, 11) is 1.62. The van der Waals surface area contributed by atoms with E-state index < -0.39 is 36.5 Å². The summed E-state index contributed by atoms with van der Waals surface area (Å²) in [5.74, 6) is -10.0. The van der Waals surface area contributed by atoms with Crippen LogP contribution in [-0.4, -0.2) is 27.5 Å². The highest BCUT2D eigenvalue weighted by Crippen LogP contribution is 2.56. The lowest BCUT2D eigenvalue weighted by Gasteiger charge is -2.43. The lowest BCUT2D eigenvalue weighted by molar-refractivity contribution is -0.313. The molecule has 1 atom stereocenters. The fraction of sp³-hybridized carbons (Fsp3) is 0.692. The Balaban J connectivity index is 2.03. The molecule has 21 heavy (non-hydrogen) atoms. The summed E-state index contributed by atoms with van der Waals surface area (Å²) >= 11 is 0. The molecule has 1 heterocycles. The molecule has 1 N–H and O–H groups in total. The van der Waals surface area contributed by atoms with Gasteiger partial charge >= 0.3 is 11.8 Å². The van der Waals surface area contributed by atoms with E-state index in [1.807, 2.05) is 6.92 Å². The Bertz CT molecular complexity index is 568. The average molecular weight is 307 g/mol. The maximum Gasteiger partial charge on any atom is 0.313 e. The minimum atomic E-state index is -4.11. The van der Waals surface area contributed by atoms with Gasteiger partial charge in [0.2, 0.25) is 5.91 Å². The van der Waals surface area contributed by atoms with Crippen LogP contribution in [0.4, 0.5) is 23.4 Å². The van der Waals surface area contributed by atoms with Crippen LogP contribution >= 0.6 is 0 Å². The van der Waals surface area contributed by atoms with Crippen LogP contribution in [0.3, 0.4) is 0 Å². The lowest BCUT2D eigenvalue weighted by Crippen LogP contribution is -2.59. The average Bonchev–Trinajstić information content (AvgIpc) is 2.65. The first-order chi connectivity index (χ1) is 9.60. The van der Waals surface area contributed by atoms with E-state index in [1.54, 1.807) is 14.0 Å². The van der Waals surface area contributed by atoms with Gasteiger partial charge in [0.15, 0.2) is 0 Å². The van der Waals surface area contributed by atoms with E-state index >= 15 is 0 Å². The second-order valence-corrected chi connectivity index (χ2v) is 5.38. The first-order valence-electron chi connectivity index (χ1n) is 6.68. The molecule has 0 saturated heterocycles. The molecule has 0 bridgehead atoms. The molecule has 1 fully saturated rings. The third-order valence-corrected chi connectivity index (χ3v) is 3.91. The van der Waals surface area contributed by atoms with E-state index in [0.717, 1.165) is 11.3 Å². The number of amides is 1. The first kappa shape index (κ1) is 15.8. The number of aromatic nitrogens is 2. The molecule has 1 aliphatic carbocycles. The summed E-state index contributed by atoms with van der Waals surface area (Å²) in [5, 5.41) is 6.66. The van der Waals surface area contributed by atoms with Crippen LogP contribution in [0.2, 0.25) is 0 Å². The quantitative estimate of drug-likeness (QED) is 0.869. The Morgan fingerprint density at radius 1 is 1.43 bits per heavy atom. The number of carbonyl (C=O) groups is 1. The fourth-order valence-electron chi connectivity index (χ4n) is 2.54. The van der Waals surface area contributed by atoms with Crippen molar-refractivity contribution in [2.45, 2.75) is 45.0 Å². The summed E-state index contributed by atoms with van der Waals surface area (Å²) in [6.07, 6.45) is -0.921. The molecule has 2 rings (SSSR count). The van der Waals surface area contributed by atoms with Gasteiger partial charge in [-0.25, -0.2) is 0 Å². The maximum atomic E-state index is 13.1. The second kappa shape index (κ2) is 4.99. The Morgan fingerprint density at radius 3 is 2.48 bits per heavy atom. The molecule has 8 heteroatoms. The topological polar surface area (TPSA) is 46.9 Å². The van der Waals surface area contributed by atoms with Crippen molar-refractivity contribution < 1.29 is 22.4 Å². The van der Waals surface area contributed by atoms with Crippen molar-refractivity contribution in [1.29, 1.82) is 0 Å². The number of hydrogen-bond acceptors (Lipinski definition) is 2. The number of aryl methyl sites for hydroxylation is 2. The van der Waals surface area contributed by atoms with Crippen LogP contribution in [0, 0.1) is 12.8 Å². The van der Waals surface area contributed by atoms with Gasteiger partial charge in [-0.2, -0.15) is 22.7 Å². The molecule has 4 nitrogen and oxygen atoms in total. The number of carbonyl (C=O) groups excluding carboxylic acids is 1. The molecule has 1 aromatic rings. The van der Waals surface area contributed by atoms with E-state index in [0.29, 0.717) is 12.2 Å². The summed E-state index contributed by atoms with van der Waals surface area (Å²) < 4.78 is 53.2. The minimum Gasteiger partial charge on any atom is -0.311 e. The normalized spacial score (nSPS) is 22.7. The predicted octanol–water partition coefficient (Wildman–Crippen LogP) is 2.91. The molecule has 1 aromatic heterocycles. The van der Waals surface area contributed by atoms with Gasteiger partial charge in [0.05, 0.1) is 5.69 Å². The number of nitrogens with one attached hydrogen (secondary N) is 1. The highest BCUT2D eigenvalue weighted by Gasteiger charge is 2.71. The van der Waals surface area contributed by atoms with Gasteiger partial charge in [-0.15, -0.1) is 0 Å². The molecular weight excluding hydrogens is 290 g/mol. The van der Waals surface area contributed by atoms with Crippen molar-refractivity contribution in [1.82, 2.24) is 9.78 Å². The lowest BCUT2D eigenvalue weighted by atomic mass is 9.74. The molecule has 1 amide bonds. The van der Waals surface area contributed by atoms with E-state index in [-0.39, 0.29) is 0 Å². The first-order valence-corrected chi connectivity index (χ1v) is 6.68. The van der Waals surface area contributed by atoms with Crippen molar-refractivity contribution in [2.75, 3.05) is 5.32 Å². The van der Waals surface area contributed by atoms with Gasteiger partial charge in [-0.3, -0.25) is 9.48 Å². The number of anilines is 1. The van der Waals surface area contributed by atoms with Crippen molar-refractivity contribution in [3.8, 4) is 0 Å². The predicted molar refractivity (Wildman–Crippen MR) is 68.6 cm³/mol. The summed E-state index contributed by atoms with van der Waals surface area (Å²) in [6, 6.07) is 0. The smallest absolute Gasteiger partial charge is 0.311 e. The van der Waals surface area contributed by atoms with Gasteiger partial charge in [0.25, 0.3) is 0 Å². The molecule has 1 aliphatic rings. The van der Waals surface area contributed by atoms with Crippen molar-refractivity contribution in [3.63, 3.8) is 0 Å². The Morgan fingerprint density at radius 2 is 2.05 bits per heavy atom. The zero-order valence-electron chi connectivity index (χ0n) is 12.0. The molecule has 118 valence electrons. The van der Waals surface area contributed by atoms with Crippen molar-refractivity contribution >= 4 is 11.7 Å². The van der Waals surface area contributed by atoms with Crippen LogP contribution in [0.1, 0.15) is 31.0 Å². The van der Waals surface area contributed by atoms with Gasteiger partial charge < -0.3 is 5.32 Å². The maximum absolute atomic E-state index is 13.1. The molecule has 0 unspecified atom stereocenters. The molecule has 0 spiro atoms. The fourth-order valence-corrected chi connectivity index (χ4v) is 2.54. The molecule has 1 saturated carbocycles. The zero-order chi connectivity index (χ0) is 16.0. The summed E-state index contributed by atoms with van der Waals surface area (Å²) in [6.45, 7) is 3.66. The van der Waals surface area contributed by atoms with Crippen molar-refractivity contribution in [2.24, 2.45) is 13.0 Å². The van der Waals surface area contributed by atoms with Crippen LogP contribution in [-0.2, 0) is 18.3 Å². The third kappa shape index (κ3) is 2.51. The zero-order valence-corrected chi connectivity index (χ0v) is 12.0. The molecule has 0 aliphatic heterocycles. The van der Waals surface area contributed by atoms with Crippen LogP contribution in [0.5, 0.6) is 0 Å². The van der Waals surface area contributed by atoms with Crippen LogP contribution in [0.15, 0.2) is 0 Å². The van der Waals surface area contributed by atoms with Crippen LogP contribution < -0.4 is 5.32 Å². The highest BCUT2D eigenvalue weighted by molar-refractivity contribution is 5.91.